The third-order valence-electron chi connectivity index (χ3n) is 4.76. The predicted molar refractivity (Wildman–Crippen MR) is 103 cm³/mol. The van der Waals surface area contributed by atoms with Crippen molar-refractivity contribution in [3.8, 4) is 5.75 Å². The van der Waals surface area contributed by atoms with Crippen LogP contribution in [0.25, 0.3) is 10.8 Å². The number of phenolic OH excluding ortho intramolecular Hbond substituents is 1. The molecule has 5 heteroatoms. The van der Waals surface area contributed by atoms with Crippen molar-refractivity contribution in [1.82, 2.24) is 5.32 Å². The Labute approximate surface area is 157 Å². The summed E-state index contributed by atoms with van der Waals surface area (Å²) in [6.45, 7) is 1.12. The summed E-state index contributed by atoms with van der Waals surface area (Å²) >= 11 is 0. The summed E-state index contributed by atoms with van der Waals surface area (Å²) in [6, 6.07) is 20.5. The summed E-state index contributed by atoms with van der Waals surface area (Å²) in [6.07, 6.45) is -0.651. The highest BCUT2D eigenvalue weighted by Gasteiger charge is 2.28. The molecule has 0 unspecified atom stereocenters. The maximum absolute atomic E-state index is 12.8. The molecule has 1 amide bonds. The van der Waals surface area contributed by atoms with Crippen LogP contribution in [0.3, 0.4) is 0 Å². The summed E-state index contributed by atoms with van der Waals surface area (Å²) in [5.74, 6) is -0.112. The number of fused-ring (bicyclic) bond motifs is 1. The van der Waals surface area contributed by atoms with Gasteiger partial charge < -0.3 is 19.9 Å². The number of phenols is 1. The van der Waals surface area contributed by atoms with Crippen LogP contribution in [0.1, 0.15) is 17.2 Å². The van der Waals surface area contributed by atoms with Crippen molar-refractivity contribution in [3.05, 3.63) is 77.9 Å². The van der Waals surface area contributed by atoms with Gasteiger partial charge in [-0.05, 0) is 22.4 Å². The second kappa shape index (κ2) is 7.78. The normalized spacial score (nSPS) is 18.1. The van der Waals surface area contributed by atoms with Crippen LogP contribution < -0.4 is 5.32 Å². The van der Waals surface area contributed by atoms with Gasteiger partial charge in [-0.2, -0.15) is 0 Å². The molecule has 27 heavy (non-hydrogen) atoms. The molecule has 2 N–H and O–H groups in total. The number of amides is 1. The quantitative estimate of drug-likeness (QED) is 0.747. The molecule has 0 bridgehead atoms. The SMILES string of the molecule is O=C(N[C@@H](c1ccccc1)c1c(O)ccc2ccccc12)[C@H]1COCCO1. The van der Waals surface area contributed by atoms with Gasteiger partial charge in [-0.15, -0.1) is 0 Å². The molecule has 1 heterocycles. The Morgan fingerprint density at radius 3 is 2.56 bits per heavy atom. The van der Waals surface area contributed by atoms with Gasteiger partial charge in [-0.1, -0.05) is 60.7 Å². The van der Waals surface area contributed by atoms with Crippen molar-refractivity contribution in [3.63, 3.8) is 0 Å². The zero-order valence-corrected chi connectivity index (χ0v) is 14.8. The number of hydrogen-bond acceptors (Lipinski definition) is 4. The molecule has 3 aromatic rings. The fourth-order valence-electron chi connectivity index (χ4n) is 3.43. The number of benzene rings is 3. The predicted octanol–water partition coefficient (Wildman–Crippen LogP) is 3.17. The lowest BCUT2D eigenvalue weighted by Crippen LogP contribution is -2.44. The molecular weight excluding hydrogens is 342 g/mol. The Bertz CT molecular complexity index is 935. The largest absolute Gasteiger partial charge is 0.508 e. The van der Waals surface area contributed by atoms with E-state index in [9.17, 15) is 9.90 Å². The van der Waals surface area contributed by atoms with Crippen LogP contribution in [0.4, 0.5) is 0 Å². The van der Waals surface area contributed by atoms with E-state index >= 15 is 0 Å². The van der Waals surface area contributed by atoms with Crippen molar-refractivity contribution >= 4 is 16.7 Å². The van der Waals surface area contributed by atoms with Crippen LogP contribution in [0.5, 0.6) is 5.75 Å². The minimum Gasteiger partial charge on any atom is -0.508 e. The third-order valence-corrected chi connectivity index (χ3v) is 4.76. The lowest BCUT2D eigenvalue weighted by molar-refractivity contribution is -0.148. The Morgan fingerprint density at radius 2 is 1.78 bits per heavy atom. The first-order valence-electron chi connectivity index (χ1n) is 8.99. The number of nitrogens with one attached hydrogen (secondary N) is 1. The van der Waals surface area contributed by atoms with E-state index < -0.39 is 12.1 Å². The van der Waals surface area contributed by atoms with E-state index in [0.29, 0.717) is 18.8 Å². The number of rotatable bonds is 4. The standard InChI is InChI=1S/C22H21NO4/c24-18-11-10-15-6-4-5-9-17(15)20(18)21(16-7-2-1-3-8-16)23-22(25)19-14-26-12-13-27-19/h1-11,19,21,24H,12-14H2,(H,23,25)/t19-,21+/m1/s1. The fourth-order valence-corrected chi connectivity index (χ4v) is 3.43. The molecule has 1 aliphatic rings. The van der Waals surface area contributed by atoms with Gasteiger partial charge in [0.15, 0.2) is 6.10 Å². The maximum Gasteiger partial charge on any atom is 0.252 e. The summed E-state index contributed by atoms with van der Waals surface area (Å²) in [5, 5.41) is 15.6. The van der Waals surface area contributed by atoms with Gasteiger partial charge in [-0.25, -0.2) is 0 Å². The van der Waals surface area contributed by atoms with E-state index in [1.165, 1.54) is 0 Å². The van der Waals surface area contributed by atoms with E-state index in [1.54, 1.807) is 6.07 Å². The average molecular weight is 363 g/mol. The van der Waals surface area contributed by atoms with Gasteiger partial charge in [0, 0.05) is 5.56 Å². The van der Waals surface area contributed by atoms with Crippen LogP contribution in [0, 0.1) is 0 Å². The van der Waals surface area contributed by atoms with Gasteiger partial charge in [0.1, 0.15) is 5.75 Å². The minimum atomic E-state index is -0.651. The van der Waals surface area contributed by atoms with Crippen molar-refractivity contribution < 1.29 is 19.4 Å². The first-order valence-corrected chi connectivity index (χ1v) is 8.99. The summed E-state index contributed by atoms with van der Waals surface area (Å²) in [5.41, 5.74) is 1.55. The zero-order chi connectivity index (χ0) is 18.6. The third kappa shape index (κ3) is 3.65. The number of ether oxygens (including phenoxy) is 2. The minimum absolute atomic E-state index is 0.142. The molecule has 0 aliphatic carbocycles. The molecule has 0 spiro atoms. The second-order valence-corrected chi connectivity index (χ2v) is 6.51. The Kier molecular flexibility index (Phi) is 5.05. The molecule has 4 rings (SSSR count). The van der Waals surface area contributed by atoms with Gasteiger partial charge in [0.25, 0.3) is 5.91 Å². The van der Waals surface area contributed by atoms with E-state index in [0.717, 1.165) is 16.3 Å². The van der Waals surface area contributed by atoms with Crippen LogP contribution in [-0.2, 0) is 14.3 Å². The summed E-state index contributed by atoms with van der Waals surface area (Å²) < 4.78 is 10.9. The van der Waals surface area contributed by atoms with E-state index in [1.807, 2.05) is 60.7 Å². The molecule has 1 fully saturated rings. The summed E-state index contributed by atoms with van der Waals surface area (Å²) in [4.78, 5) is 12.8. The number of aromatic hydroxyl groups is 1. The highest BCUT2D eigenvalue weighted by Crippen LogP contribution is 2.35. The van der Waals surface area contributed by atoms with Gasteiger partial charge in [-0.3, -0.25) is 4.79 Å². The van der Waals surface area contributed by atoms with Gasteiger partial charge >= 0.3 is 0 Å². The molecule has 1 aliphatic heterocycles. The lowest BCUT2D eigenvalue weighted by atomic mass is 9.92. The zero-order valence-electron chi connectivity index (χ0n) is 14.8. The van der Waals surface area contributed by atoms with Gasteiger partial charge in [0.2, 0.25) is 0 Å². The maximum atomic E-state index is 12.8. The smallest absolute Gasteiger partial charge is 0.252 e. The van der Waals surface area contributed by atoms with Crippen molar-refractivity contribution in [2.75, 3.05) is 19.8 Å². The monoisotopic (exact) mass is 363 g/mol. The van der Waals surface area contributed by atoms with Crippen molar-refractivity contribution in [2.45, 2.75) is 12.1 Å². The number of carbonyl (C=O) groups excluding carboxylic acids is 1. The first kappa shape index (κ1) is 17.5. The molecule has 138 valence electrons. The number of carbonyl (C=O) groups is 1. The molecule has 2 atom stereocenters. The van der Waals surface area contributed by atoms with Crippen LogP contribution in [0.2, 0.25) is 0 Å². The summed E-state index contributed by atoms with van der Waals surface area (Å²) in [7, 11) is 0. The molecule has 5 nitrogen and oxygen atoms in total. The molecule has 0 saturated carbocycles. The molecule has 0 aromatic heterocycles. The average Bonchev–Trinajstić information content (AvgIpc) is 2.73. The topological polar surface area (TPSA) is 67.8 Å². The van der Waals surface area contributed by atoms with Crippen molar-refractivity contribution in [2.24, 2.45) is 0 Å². The molecular formula is C22H21NO4. The Hall–Kier alpha value is -2.89. The molecule has 1 saturated heterocycles. The van der Waals surface area contributed by atoms with Crippen LogP contribution >= 0.6 is 0 Å². The van der Waals surface area contributed by atoms with E-state index in [2.05, 4.69) is 5.32 Å². The lowest BCUT2D eigenvalue weighted by Gasteiger charge is -2.27. The molecule has 3 aromatic carbocycles. The van der Waals surface area contributed by atoms with Crippen molar-refractivity contribution in [1.29, 1.82) is 0 Å². The fraction of sp³-hybridized carbons (Fsp3) is 0.227. The van der Waals surface area contributed by atoms with Crippen LogP contribution in [-0.4, -0.2) is 36.9 Å². The van der Waals surface area contributed by atoms with E-state index in [-0.39, 0.29) is 18.3 Å². The number of hydrogen-bond donors (Lipinski definition) is 2. The Morgan fingerprint density at radius 1 is 1.00 bits per heavy atom. The highest BCUT2D eigenvalue weighted by atomic mass is 16.6. The highest BCUT2D eigenvalue weighted by molar-refractivity contribution is 5.90. The van der Waals surface area contributed by atoms with Crippen LogP contribution in [0.15, 0.2) is 66.7 Å². The van der Waals surface area contributed by atoms with E-state index in [4.69, 9.17) is 9.47 Å². The Balaban J connectivity index is 1.77. The molecule has 0 radical (unpaired) electrons. The first-order chi connectivity index (χ1) is 13.2. The second-order valence-electron chi connectivity index (χ2n) is 6.51. The van der Waals surface area contributed by atoms with Gasteiger partial charge in [0.05, 0.1) is 25.9 Å².